The molecule has 0 fully saturated rings. The lowest BCUT2D eigenvalue weighted by Gasteiger charge is -2.19. The summed E-state index contributed by atoms with van der Waals surface area (Å²) in [5.41, 5.74) is 12.8. The van der Waals surface area contributed by atoms with Crippen molar-refractivity contribution in [2.75, 3.05) is 0 Å². The molecule has 1 atom stereocenters. The first-order valence-corrected chi connectivity index (χ1v) is 8.36. The molecule has 1 aliphatic carbocycles. The van der Waals surface area contributed by atoms with Gasteiger partial charge in [-0.3, -0.25) is 4.98 Å². The molecular weight excluding hydrogens is 284 g/mol. The number of nitrogens with two attached hydrogens (primary N) is 1. The second-order valence-electron chi connectivity index (χ2n) is 6.51. The van der Waals surface area contributed by atoms with Gasteiger partial charge < -0.3 is 10.3 Å². The van der Waals surface area contributed by atoms with Gasteiger partial charge in [-0.25, -0.2) is 4.98 Å². The van der Waals surface area contributed by atoms with Crippen molar-refractivity contribution in [3.05, 3.63) is 59.2 Å². The maximum absolute atomic E-state index is 6.46. The van der Waals surface area contributed by atoms with Crippen LogP contribution in [0.3, 0.4) is 0 Å². The highest BCUT2D eigenvalue weighted by molar-refractivity contribution is 5.83. The third kappa shape index (κ3) is 2.53. The average Bonchev–Trinajstić information content (AvgIpc) is 2.89. The van der Waals surface area contributed by atoms with E-state index in [2.05, 4.69) is 22.5 Å². The van der Waals surface area contributed by atoms with Crippen molar-refractivity contribution >= 4 is 11.0 Å². The fraction of sp³-hybridized carbons (Fsp3) is 0.368. The van der Waals surface area contributed by atoms with Crippen molar-refractivity contribution in [2.45, 2.75) is 45.2 Å². The minimum Gasteiger partial charge on any atom is -0.327 e. The van der Waals surface area contributed by atoms with Crippen molar-refractivity contribution in [3.8, 4) is 0 Å². The number of hydrogen-bond donors (Lipinski definition) is 1. The molecule has 3 aromatic rings. The maximum atomic E-state index is 6.46. The van der Waals surface area contributed by atoms with E-state index in [1.54, 1.807) is 12.4 Å². The Kier molecular flexibility index (Phi) is 3.62. The zero-order valence-corrected chi connectivity index (χ0v) is 13.5. The van der Waals surface area contributed by atoms with Crippen LogP contribution in [0.4, 0.5) is 0 Å². The van der Waals surface area contributed by atoms with E-state index in [0.29, 0.717) is 0 Å². The zero-order valence-electron chi connectivity index (χ0n) is 13.5. The molecule has 0 saturated carbocycles. The van der Waals surface area contributed by atoms with Gasteiger partial charge >= 0.3 is 0 Å². The Morgan fingerprint density at radius 3 is 2.83 bits per heavy atom. The summed E-state index contributed by atoms with van der Waals surface area (Å²) in [4.78, 5) is 8.81. The van der Waals surface area contributed by atoms with Gasteiger partial charge in [0.05, 0.1) is 0 Å². The van der Waals surface area contributed by atoms with E-state index in [4.69, 9.17) is 10.7 Å². The van der Waals surface area contributed by atoms with Gasteiger partial charge in [0.25, 0.3) is 0 Å². The lowest BCUT2D eigenvalue weighted by molar-refractivity contribution is 0.549. The van der Waals surface area contributed by atoms with E-state index in [1.807, 2.05) is 18.3 Å². The molecule has 0 aromatic carbocycles. The van der Waals surface area contributed by atoms with E-state index < -0.39 is 0 Å². The van der Waals surface area contributed by atoms with E-state index in [1.165, 1.54) is 35.0 Å². The van der Waals surface area contributed by atoms with E-state index in [-0.39, 0.29) is 6.04 Å². The van der Waals surface area contributed by atoms with Gasteiger partial charge in [0.15, 0.2) is 0 Å². The Balaban J connectivity index is 1.80. The van der Waals surface area contributed by atoms with Gasteiger partial charge in [0, 0.05) is 42.3 Å². The predicted molar refractivity (Wildman–Crippen MR) is 92.3 cm³/mol. The van der Waals surface area contributed by atoms with Gasteiger partial charge in [0.1, 0.15) is 5.65 Å². The molecular formula is C19H22N4. The Morgan fingerprint density at radius 2 is 2.00 bits per heavy atom. The highest BCUT2D eigenvalue weighted by Crippen LogP contribution is 2.32. The molecule has 1 unspecified atom stereocenters. The summed E-state index contributed by atoms with van der Waals surface area (Å²) in [5.74, 6) is 0. The molecule has 4 heteroatoms. The number of aryl methyl sites for hydroxylation is 2. The van der Waals surface area contributed by atoms with Crippen LogP contribution in [0.2, 0.25) is 0 Å². The summed E-state index contributed by atoms with van der Waals surface area (Å²) in [7, 11) is 0. The topological polar surface area (TPSA) is 56.7 Å². The molecule has 3 aromatic heterocycles. The van der Waals surface area contributed by atoms with E-state index in [0.717, 1.165) is 30.6 Å². The van der Waals surface area contributed by atoms with Gasteiger partial charge in [-0.05, 0) is 67.5 Å². The second kappa shape index (κ2) is 5.78. The predicted octanol–water partition coefficient (Wildman–Crippen LogP) is 3.32. The third-order valence-corrected chi connectivity index (χ3v) is 4.86. The fourth-order valence-electron chi connectivity index (χ4n) is 3.71. The molecule has 1 aliphatic rings. The molecule has 0 aliphatic heterocycles. The summed E-state index contributed by atoms with van der Waals surface area (Å²) in [5, 5.41) is 1.32. The van der Waals surface area contributed by atoms with Crippen LogP contribution in [0.1, 0.15) is 41.3 Å². The number of nitrogens with zero attached hydrogens (tertiary/aromatic N) is 3. The quantitative estimate of drug-likeness (QED) is 0.807. The molecule has 118 valence electrons. The minimum absolute atomic E-state index is 0.0391. The molecule has 0 radical (unpaired) electrons. The molecule has 0 amide bonds. The molecule has 0 bridgehead atoms. The maximum Gasteiger partial charge on any atom is 0.140 e. The molecule has 23 heavy (non-hydrogen) atoms. The third-order valence-electron chi connectivity index (χ3n) is 4.86. The summed E-state index contributed by atoms with van der Waals surface area (Å²) < 4.78 is 2.36. The Hall–Kier alpha value is -2.20. The number of hydrogen-bond acceptors (Lipinski definition) is 3. The molecule has 2 N–H and O–H groups in total. The van der Waals surface area contributed by atoms with E-state index >= 15 is 0 Å². The van der Waals surface area contributed by atoms with Crippen LogP contribution in [0.25, 0.3) is 11.0 Å². The molecule has 0 spiro atoms. The molecule has 0 saturated heterocycles. The number of pyridine rings is 2. The summed E-state index contributed by atoms with van der Waals surface area (Å²) in [6.45, 7) is 2.88. The van der Waals surface area contributed by atoms with Gasteiger partial charge in [-0.1, -0.05) is 0 Å². The smallest absolute Gasteiger partial charge is 0.140 e. The average molecular weight is 306 g/mol. The molecule has 3 heterocycles. The van der Waals surface area contributed by atoms with Crippen LogP contribution in [0.15, 0.2) is 36.8 Å². The second-order valence-corrected chi connectivity index (χ2v) is 6.51. The Morgan fingerprint density at radius 1 is 1.22 bits per heavy atom. The number of rotatable bonds is 3. The van der Waals surface area contributed by atoms with Crippen LogP contribution in [-0.2, 0) is 19.4 Å². The van der Waals surface area contributed by atoms with Crippen LogP contribution in [-0.4, -0.2) is 14.5 Å². The van der Waals surface area contributed by atoms with Crippen molar-refractivity contribution < 1.29 is 0 Å². The van der Waals surface area contributed by atoms with E-state index in [9.17, 15) is 0 Å². The molecule has 4 nitrogen and oxygen atoms in total. The van der Waals surface area contributed by atoms with Crippen molar-refractivity contribution in [1.29, 1.82) is 0 Å². The normalized spacial score (nSPS) is 15.6. The van der Waals surface area contributed by atoms with Gasteiger partial charge in [0.2, 0.25) is 0 Å². The molecule has 4 rings (SSSR count). The summed E-state index contributed by atoms with van der Waals surface area (Å²) in [6.07, 6.45) is 10.4. The Bertz CT molecular complexity index is 835. The minimum atomic E-state index is -0.0391. The first kappa shape index (κ1) is 14.4. The monoisotopic (exact) mass is 306 g/mol. The number of fused-ring (bicyclic) bond motifs is 3. The first-order valence-electron chi connectivity index (χ1n) is 8.36. The summed E-state index contributed by atoms with van der Waals surface area (Å²) >= 11 is 0. The highest BCUT2D eigenvalue weighted by atomic mass is 15.1. The SMILES string of the molecule is Cc1cnc2c(c1)c1c(n2CC(N)c2ccncc2)CCCC1. The lowest BCUT2D eigenvalue weighted by atomic mass is 9.95. The van der Waals surface area contributed by atoms with Crippen molar-refractivity contribution in [3.63, 3.8) is 0 Å². The van der Waals surface area contributed by atoms with Crippen LogP contribution < -0.4 is 5.73 Å². The lowest BCUT2D eigenvalue weighted by Crippen LogP contribution is -2.20. The van der Waals surface area contributed by atoms with Crippen LogP contribution in [0.5, 0.6) is 0 Å². The summed E-state index contributed by atoms with van der Waals surface area (Å²) in [6, 6.07) is 6.24. The van der Waals surface area contributed by atoms with Crippen molar-refractivity contribution in [1.82, 2.24) is 14.5 Å². The first-order chi connectivity index (χ1) is 11.2. The fourth-order valence-corrected chi connectivity index (χ4v) is 3.71. The van der Waals surface area contributed by atoms with Gasteiger partial charge in [-0.2, -0.15) is 0 Å². The number of aromatic nitrogens is 3. The highest BCUT2D eigenvalue weighted by Gasteiger charge is 2.22. The van der Waals surface area contributed by atoms with Crippen LogP contribution >= 0.6 is 0 Å². The Labute approximate surface area is 136 Å². The van der Waals surface area contributed by atoms with Crippen molar-refractivity contribution in [2.24, 2.45) is 5.73 Å². The van der Waals surface area contributed by atoms with Gasteiger partial charge in [-0.15, -0.1) is 0 Å². The largest absolute Gasteiger partial charge is 0.327 e. The standard InChI is InChI=1S/C19H22N4/c1-13-10-16-15-4-2-3-5-18(15)23(19(16)22-11-13)12-17(20)14-6-8-21-9-7-14/h6-11,17H,2-5,12,20H2,1H3. The van der Waals surface area contributed by atoms with Crippen LogP contribution in [0, 0.1) is 6.92 Å². The zero-order chi connectivity index (χ0) is 15.8.